The van der Waals surface area contributed by atoms with Crippen molar-refractivity contribution >= 4 is 29.6 Å². The molecule has 5 rings (SSSR count). The highest BCUT2D eigenvalue weighted by Crippen LogP contribution is 2.46. The first-order valence-electron chi connectivity index (χ1n) is 11.1. The van der Waals surface area contributed by atoms with Crippen molar-refractivity contribution in [2.45, 2.75) is 49.0 Å². The summed E-state index contributed by atoms with van der Waals surface area (Å²) in [6.07, 6.45) is 1.27. The summed E-state index contributed by atoms with van der Waals surface area (Å²) in [6.45, 7) is 0. The number of hydrogen-bond donors (Lipinski definition) is 0. The Morgan fingerprint density at radius 3 is 2.53 bits per heavy atom. The number of halogens is 3. The Labute approximate surface area is 198 Å². The summed E-state index contributed by atoms with van der Waals surface area (Å²) in [5.41, 5.74) is -0.0645. The van der Waals surface area contributed by atoms with Crippen LogP contribution in [-0.4, -0.2) is 32.6 Å². The lowest BCUT2D eigenvalue weighted by molar-refractivity contribution is -0.137. The van der Waals surface area contributed by atoms with Gasteiger partial charge in [0.2, 0.25) is 0 Å². The zero-order valence-corrected chi connectivity index (χ0v) is 19.0. The van der Waals surface area contributed by atoms with Gasteiger partial charge in [0.05, 0.1) is 23.2 Å². The van der Waals surface area contributed by atoms with Crippen molar-refractivity contribution in [1.82, 2.24) is 14.8 Å². The lowest BCUT2D eigenvalue weighted by atomic mass is 10.2. The van der Waals surface area contributed by atoms with Crippen LogP contribution in [0.2, 0.25) is 0 Å². The first-order valence-corrected chi connectivity index (χ1v) is 12.1. The summed E-state index contributed by atoms with van der Waals surface area (Å²) < 4.78 is 42.0. The number of carbonyl (C=O) groups excluding carboxylic acids is 1. The van der Waals surface area contributed by atoms with Gasteiger partial charge in [0.25, 0.3) is 5.91 Å². The second kappa shape index (κ2) is 9.25. The second-order valence-electron chi connectivity index (χ2n) is 8.41. The Morgan fingerprint density at radius 1 is 1.09 bits per heavy atom. The fraction of sp³-hybridized carbons (Fsp3) is 0.333. The van der Waals surface area contributed by atoms with Crippen LogP contribution < -0.4 is 5.01 Å². The molecule has 1 heterocycles. The normalized spacial score (nSPS) is 16.2. The van der Waals surface area contributed by atoms with Crippen LogP contribution in [-0.2, 0) is 11.0 Å². The molecule has 176 valence electrons. The molecule has 0 bridgehead atoms. The molecule has 0 saturated heterocycles. The Bertz CT molecular complexity index is 1200. The second-order valence-corrected chi connectivity index (χ2v) is 9.36. The van der Waals surface area contributed by atoms with Crippen molar-refractivity contribution in [3.63, 3.8) is 0 Å². The highest BCUT2D eigenvalue weighted by molar-refractivity contribution is 7.99. The molecule has 1 amide bonds. The fourth-order valence-corrected chi connectivity index (χ4v) is 4.48. The first kappa shape index (κ1) is 22.6. The highest BCUT2D eigenvalue weighted by atomic mass is 32.2. The molecular formula is C24H22F3N5OS. The third-order valence-corrected chi connectivity index (χ3v) is 6.57. The molecule has 2 aromatic carbocycles. The van der Waals surface area contributed by atoms with Gasteiger partial charge in [-0.1, -0.05) is 48.2 Å². The van der Waals surface area contributed by atoms with Gasteiger partial charge >= 0.3 is 6.18 Å². The van der Waals surface area contributed by atoms with E-state index in [1.165, 1.54) is 30.1 Å². The maximum atomic E-state index is 13.3. The molecule has 10 heteroatoms. The van der Waals surface area contributed by atoms with E-state index in [0.717, 1.165) is 54.2 Å². The van der Waals surface area contributed by atoms with Crippen molar-refractivity contribution in [3.05, 3.63) is 71.5 Å². The molecule has 2 fully saturated rings. The van der Waals surface area contributed by atoms with Crippen LogP contribution in [0.4, 0.5) is 18.9 Å². The predicted octanol–water partition coefficient (Wildman–Crippen LogP) is 5.67. The van der Waals surface area contributed by atoms with Crippen molar-refractivity contribution in [2.24, 2.45) is 5.10 Å². The maximum absolute atomic E-state index is 13.3. The molecule has 0 radical (unpaired) electrons. The van der Waals surface area contributed by atoms with Gasteiger partial charge in [-0.05, 0) is 49.4 Å². The summed E-state index contributed by atoms with van der Waals surface area (Å²) in [5, 5.41) is 14.6. The average Bonchev–Trinajstić information content (AvgIpc) is 3.77. The van der Waals surface area contributed by atoms with E-state index in [1.54, 1.807) is 12.1 Å². The topological polar surface area (TPSA) is 63.4 Å². The van der Waals surface area contributed by atoms with Gasteiger partial charge in [-0.25, -0.2) is 5.01 Å². The minimum Gasteiger partial charge on any atom is -0.303 e. The number of thioether (sulfide) groups is 1. The smallest absolute Gasteiger partial charge is 0.303 e. The van der Waals surface area contributed by atoms with E-state index in [-0.39, 0.29) is 11.4 Å². The molecule has 3 aromatic rings. The number of alkyl halides is 3. The summed E-state index contributed by atoms with van der Waals surface area (Å²) >= 11 is 1.25. The third-order valence-electron chi connectivity index (χ3n) is 5.65. The number of carbonyl (C=O) groups is 1. The molecule has 2 saturated carbocycles. The van der Waals surface area contributed by atoms with Crippen LogP contribution in [0, 0.1) is 0 Å². The minimum absolute atomic E-state index is 0.0299. The number of aromatic nitrogens is 3. The van der Waals surface area contributed by atoms with Gasteiger partial charge in [-0.3, -0.25) is 4.79 Å². The van der Waals surface area contributed by atoms with Gasteiger partial charge in [0, 0.05) is 12.0 Å². The molecule has 0 N–H and O–H groups in total. The summed E-state index contributed by atoms with van der Waals surface area (Å²) in [7, 11) is 0. The number of amides is 1. The van der Waals surface area contributed by atoms with Crippen LogP contribution in [0.15, 0.2) is 64.9 Å². The minimum atomic E-state index is -4.53. The molecule has 0 spiro atoms. The Kier molecular flexibility index (Phi) is 6.16. The van der Waals surface area contributed by atoms with E-state index in [4.69, 9.17) is 0 Å². The van der Waals surface area contributed by atoms with Gasteiger partial charge in [0.1, 0.15) is 5.82 Å². The number of anilines is 1. The molecule has 0 atom stereocenters. The van der Waals surface area contributed by atoms with Crippen LogP contribution in [0.25, 0.3) is 0 Å². The van der Waals surface area contributed by atoms with Gasteiger partial charge in [0.15, 0.2) is 5.16 Å². The molecule has 0 aliphatic heterocycles. The molecule has 0 unspecified atom stereocenters. The van der Waals surface area contributed by atoms with E-state index in [1.807, 2.05) is 18.2 Å². The van der Waals surface area contributed by atoms with Crippen LogP contribution in [0.5, 0.6) is 0 Å². The Balaban J connectivity index is 1.39. The Hall–Kier alpha value is -3.14. The lowest BCUT2D eigenvalue weighted by Crippen LogP contribution is -2.28. The first-order chi connectivity index (χ1) is 16.4. The molecule has 2 aliphatic carbocycles. The maximum Gasteiger partial charge on any atom is 0.416 e. The summed E-state index contributed by atoms with van der Waals surface area (Å²) in [6, 6.07) is 14.1. The number of benzene rings is 2. The molecular weight excluding hydrogens is 463 g/mol. The van der Waals surface area contributed by atoms with Gasteiger partial charge < -0.3 is 4.57 Å². The quantitative estimate of drug-likeness (QED) is 0.234. The number of hydrazone groups is 1. The van der Waals surface area contributed by atoms with Crippen LogP contribution >= 0.6 is 11.8 Å². The standard InChI is InChI=1S/C24H22F3N5OS/c25-24(26,27)18-7-4-8-20(13-18)32(28-14-16-5-2-1-3-6-16)21(33)15-34-23-30-29-22(17-9-10-17)31(23)19-11-12-19/h1-8,13-14,17,19H,9-12,15H2/b28-14+. The molecule has 34 heavy (non-hydrogen) atoms. The largest absolute Gasteiger partial charge is 0.416 e. The zero-order valence-electron chi connectivity index (χ0n) is 18.2. The third kappa shape index (κ3) is 5.16. The van der Waals surface area contributed by atoms with E-state index >= 15 is 0 Å². The molecule has 1 aromatic heterocycles. The fourth-order valence-electron chi connectivity index (χ4n) is 3.62. The molecule has 6 nitrogen and oxygen atoms in total. The highest BCUT2D eigenvalue weighted by Gasteiger charge is 2.36. The van der Waals surface area contributed by atoms with Gasteiger partial charge in [-0.15, -0.1) is 10.2 Å². The van der Waals surface area contributed by atoms with Crippen molar-refractivity contribution < 1.29 is 18.0 Å². The van der Waals surface area contributed by atoms with Crippen molar-refractivity contribution in [3.8, 4) is 0 Å². The SMILES string of the molecule is O=C(CSc1nnc(C2CC2)n1C1CC1)N(/N=C/c1ccccc1)c1cccc(C(F)(F)F)c1. The van der Waals surface area contributed by atoms with E-state index in [9.17, 15) is 18.0 Å². The molecule has 2 aliphatic rings. The van der Waals surface area contributed by atoms with E-state index in [0.29, 0.717) is 17.1 Å². The Morgan fingerprint density at radius 2 is 1.85 bits per heavy atom. The number of rotatable bonds is 8. The average molecular weight is 486 g/mol. The summed E-state index contributed by atoms with van der Waals surface area (Å²) in [4.78, 5) is 13.2. The lowest BCUT2D eigenvalue weighted by Gasteiger charge is -2.18. The van der Waals surface area contributed by atoms with E-state index in [2.05, 4.69) is 19.9 Å². The van der Waals surface area contributed by atoms with Gasteiger partial charge in [-0.2, -0.15) is 18.3 Å². The van der Waals surface area contributed by atoms with E-state index < -0.39 is 17.6 Å². The predicted molar refractivity (Wildman–Crippen MR) is 124 cm³/mol. The number of nitrogens with zero attached hydrogens (tertiary/aromatic N) is 5. The number of hydrogen-bond acceptors (Lipinski definition) is 5. The zero-order chi connectivity index (χ0) is 23.7. The van der Waals surface area contributed by atoms with Crippen LogP contribution in [0.1, 0.15) is 54.6 Å². The summed E-state index contributed by atoms with van der Waals surface area (Å²) in [5.74, 6) is 0.942. The van der Waals surface area contributed by atoms with Crippen LogP contribution in [0.3, 0.4) is 0 Å². The monoisotopic (exact) mass is 485 g/mol. The van der Waals surface area contributed by atoms with Crippen molar-refractivity contribution in [2.75, 3.05) is 10.8 Å². The van der Waals surface area contributed by atoms with Crippen molar-refractivity contribution in [1.29, 1.82) is 0 Å².